The Morgan fingerprint density at radius 3 is 2.61 bits per heavy atom. The molecule has 3 N–H and O–H groups in total. The minimum atomic E-state index is -0.667. The Balaban J connectivity index is 2.03. The van der Waals surface area contributed by atoms with Crippen molar-refractivity contribution in [3.8, 4) is 5.75 Å². The van der Waals surface area contributed by atoms with Crippen molar-refractivity contribution in [2.75, 3.05) is 7.11 Å². The van der Waals surface area contributed by atoms with Crippen molar-refractivity contribution in [1.82, 2.24) is 5.32 Å². The molecule has 2 aromatic rings. The fourth-order valence-electron chi connectivity index (χ4n) is 2.40. The van der Waals surface area contributed by atoms with E-state index in [4.69, 9.17) is 10.5 Å². The number of carbonyl (C=O) groups excluding carboxylic acids is 1. The molecule has 0 heterocycles. The van der Waals surface area contributed by atoms with E-state index >= 15 is 0 Å². The molecule has 0 saturated carbocycles. The second-order valence-electron chi connectivity index (χ2n) is 5.41. The maximum atomic E-state index is 13.4. The lowest BCUT2D eigenvalue weighted by Crippen LogP contribution is -2.43. The van der Waals surface area contributed by atoms with Gasteiger partial charge < -0.3 is 15.8 Å². The molecule has 122 valence electrons. The number of methoxy groups -OCH3 is 1. The average molecular weight is 316 g/mol. The van der Waals surface area contributed by atoms with Gasteiger partial charge in [0.2, 0.25) is 5.91 Å². The summed E-state index contributed by atoms with van der Waals surface area (Å²) >= 11 is 0. The molecule has 4 nitrogen and oxygen atoms in total. The van der Waals surface area contributed by atoms with Crippen LogP contribution in [0.2, 0.25) is 0 Å². The topological polar surface area (TPSA) is 64.3 Å². The minimum Gasteiger partial charge on any atom is -0.496 e. The van der Waals surface area contributed by atoms with Crippen LogP contribution in [0.25, 0.3) is 0 Å². The van der Waals surface area contributed by atoms with E-state index in [2.05, 4.69) is 5.32 Å². The Labute approximate surface area is 135 Å². The van der Waals surface area contributed by atoms with E-state index in [9.17, 15) is 9.18 Å². The van der Waals surface area contributed by atoms with Gasteiger partial charge in [-0.3, -0.25) is 4.79 Å². The molecule has 0 aliphatic carbocycles. The summed E-state index contributed by atoms with van der Waals surface area (Å²) < 4.78 is 18.6. The van der Waals surface area contributed by atoms with Crippen molar-refractivity contribution in [1.29, 1.82) is 0 Å². The molecule has 23 heavy (non-hydrogen) atoms. The molecule has 0 saturated heterocycles. The number of hydrogen-bond acceptors (Lipinski definition) is 3. The van der Waals surface area contributed by atoms with Gasteiger partial charge in [0.1, 0.15) is 11.6 Å². The van der Waals surface area contributed by atoms with Gasteiger partial charge in [-0.1, -0.05) is 30.3 Å². The number of carbonyl (C=O) groups is 1. The lowest BCUT2D eigenvalue weighted by molar-refractivity contribution is -0.123. The summed E-state index contributed by atoms with van der Waals surface area (Å²) in [4.78, 5) is 12.2. The van der Waals surface area contributed by atoms with E-state index in [-0.39, 0.29) is 11.7 Å². The monoisotopic (exact) mass is 316 g/mol. The Kier molecular flexibility index (Phi) is 5.71. The molecule has 0 aromatic heterocycles. The first kappa shape index (κ1) is 17.0. The van der Waals surface area contributed by atoms with Crippen LogP contribution < -0.4 is 15.8 Å². The molecule has 2 rings (SSSR count). The highest BCUT2D eigenvalue weighted by atomic mass is 19.1. The number of hydrogen-bond donors (Lipinski definition) is 2. The highest BCUT2D eigenvalue weighted by Crippen LogP contribution is 2.25. The number of ether oxygens (including phenoxy) is 1. The quantitative estimate of drug-likeness (QED) is 0.861. The predicted molar refractivity (Wildman–Crippen MR) is 87.6 cm³/mol. The van der Waals surface area contributed by atoms with Gasteiger partial charge >= 0.3 is 0 Å². The molecule has 2 atom stereocenters. The molecule has 1 unspecified atom stereocenters. The normalized spacial score (nSPS) is 13.2. The van der Waals surface area contributed by atoms with Crippen molar-refractivity contribution in [2.24, 2.45) is 5.73 Å². The zero-order valence-electron chi connectivity index (χ0n) is 13.3. The third-order valence-electron chi connectivity index (χ3n) is 3.65. The van der Waals surface area contributed by atoms with Crippen LogP contribution in [0.3, 0.4) is 0 Å². The number of nitrogens with one attached hydrogen (secondary N) is 1. The number of halogens is 1. The van der Waals surface area contributed by atoms with Crippen LogP contribution >= 0.6 is 0 Å². The van der Waals surface area contributed by atoms with Gasteiger partial charge in [-0.25, -0.2) is 4.39 Å². The first-order valence-electron chi connectivity index (χ1n) is 7.44. The number of rotatable bonds is 6. The predicted octanol–water partition coefficient (Wildman–Crippen LogP) is 2.58. The van der Waals surface area contributed by atoms with Crippen LogP contribution in [0.1, 0.15) is 24.1 Å². The standard InChI is InChI=1S/C18H21FN2O2/c1-12(15-11-14(19)8-9-17(15)23-2)21-18(22)16(20)10-13-6-4-3-5-7-13/h3-9,11-12,16H,10,20H2,1-2H3,(H,21,22)/t12?,16-/m0/s1. The highest BCUT2D eigenvalue weighted by molar-refractivity contribution is 5.82. The number of nitrogens with two attached hydrogens (primary N) is 1. The maximum Gasteiger partial charge on any atom is 0.237 e. The van der Waals surface area contributed by atoms with E-state index in [1.165, 1.54) is 25.3 Å². The van der Waals surface area contributed by atoms with Crippen LogP contribution in [0.5, 0.6) is 5.75 Å². The van der Waals surface area contributed by atoms with Crippen molar-refractivity contribution >= 4 is 5.91 Å². The van der Waals surface area contributed by atoms with E-state index in [0.717, 1.165) is 5.56 Å². The Morgan fingerprint density at radius 1 is 1.26 bits per heavy atom. The first-order chi connectivity index (χ1) is 11.0. The SMILES string of the molecule is COc1ccc(F)cc1C(C)NC(=O)[C@@H](N)Cc1ccccc1. The molecule has 2 aromatic carbocycles. The van der Waals surface area contributed by atoms with Gasteiger partial charge in [0.25, 0.3) is 0 Å². The maximum absolute atomic E-state index is 13.4. The largest absolute Gasteiger partial charge is 0.496 e. The summed E-state index contributed by atoms with van der Waals surface area (Å²) in [5, 5.41) is 2.81. The zero-order chi connectivity index (χ0) is 16.8. The molecular weight excluding hydrogens is 295 g/mol. The van der Waals surface area contributed by atoms with Crippen molar-refractivity contribution in [3.05, 3.63) is 65.5 Å². The third-order valence-corrected chi connectivity index (χ3v) is 3.65. The minimum absolute atomic E-state index is 0.285. The van der Waals surface area contributed by atoms with Gasteiger partial charge in [-0.15, -0.1) is 0 Å². The Hall–Kier alpha value is -2.40. The Morgan fingerprint density at radius 2 is 1.96 bits per heavy atom. The first-order valence-corrected chi connectivity index (χ1v) is 7.44. The van der Waals surface area contributed by atoms with E-state index < -0.39 is 12.1 Å². The molecule has 0 aliphatic rings. The summed E-state index contributed by atoms with van der Waals surface area (Å²) in [5.41, 5.74) is 7.53. The molecule has 0 spiro atoms. The van der Waals surface area contributed by atoms with Crippen LogP contribution in [0.4, 0.5) is 4.39 Å². The molecule has 0 bridgehead atoms. The number of amides is 1. The lowest BCUT2D eigenvalue weighted by Gasteiger charge is -2.20. The number of benzene rings is 2. The third kappa shape index (κ3) is 4.53. The molecule has 1 amide bonds. The van der Waals surface area contributed by atoms with Gasteiger partial charge in [-0.05, 0) is 37.1 Å². The van der Waals surface area contributed by atoms with Crippen molar-refractivity contribution < 1.29 is 13.9 Å². The highest BCUT2D eigenvalue weighted by Gasteiger charge is 2.19. The molecular formula is C18H21FN2O2. The fourth-order valence-corrected chi connectivity index (χ4v) is 2.40. The second-order valence-corrected chi connectivity index (χ2v) is 5.41. The lowest BCUT2D eigenvalue weighted by atomic mass is 10.0. The van der Waals surface area contributed by atoms with Crippen LogP contribution in [-0.2, 0) is 11.2 Å². The van der Waals surface area contributed by atoms with E-state index in [1.54, 1.807) is 6.92 Å². The van der Waals surface area contributed by atoms with Crippen molar-refractivity contribution in [3.63, 3.8) is 0 Å². The van der Waals surface area contributed by atoms with Gasteiger partial charge in [0.05, 0.1) is 19.2 Å². The summed E-state index contributed by atoms with van der Waals surface area (Å²) in [7, 11) is 1.51. The Bertz CT molecular complexity index is 661. The van der Waals surface area contributed by atoms with Crippen molar-refractivity contribution in [2.45, 2.75) is 25.4 Å². The molecule has 5 heteroatoms. The average Bonchev–Trinajstić information content (AvgIpc) is 2.55. The summed E-state index contributed by atoms with van der Waals surface area (Å²) in [5.74, 6) is -0.140. The van der Waals surface area contributed by atoms with Crippen LogP contribution in [0, 0.1) is 5.82 Å². The molecule has 0 fully saturated rings. The summed E-state index contributed by atoms with van der Waals surface area (Å²) in [6.07, 6.45) is 0.444. The van der Waals surface area contributed by atoms with Crippen LogP contribution in [0.15, 0.2) is 48.5 Å². The fraction of sp³-hybridized carbons (Fsp3) is 0.278. The summed E-state index contributed by atoms with van der Waals surface area (Å²) in [6.45, 7) is 1.77. The second kappa shape index (κ2) is 7.74. The van der Waals surface area contributed by atoms with Gasteiger partial charge in [0.15, 0.2) is 0 Å². The van der Waals surface area contributed by atoms with E-state index in [0.29, 0.717) is 17.7 Å². The van der Waals surface area contributed by atoms with Gasteiger partial charge in [-0.2, -0.15) is 0 Å². The van der Waals surface area contributed by atoms with Crippen LogP contribution in [-0.4, -0.2) is 19.1 Å². The zero-order valence-corrected chi connectivity index (χ0v) is 13.3. The summed E-state index contributed by atoms with van der Waals surface area (Å²) in [6, 6.07) is 12.7. The smallest absolute Gasteiger partial charge is 0.237 e. The molecule has 0 aliphatic heterocycles. The van der Waals surface area contributed by atoms with E-state index in [1.807, 2.05) is 30.3 Å². The van der Waals surface area contributed by atoms with Gasteiger partial charge in [0, 0.05) is 5.56 Å². The molecule has 0 radical (unpaired) electrons.